The third-order valence-corrected chi connectivity index (χ3v) is 5.11. The van der Waals surface area contributed by atoms with Crippen LogP contribution in [0, 0.1) is 0 Å². The lowest BCUT2D eigenvalue weighted by molar-refractivity contribution is -0.274. The quantitative estimate of drug-likeness (QED) is 0.379. The molecule has 0 saturated carbocycles. The average molecular weight is 471 g/mol. The molecule has 0 bridgehead atoms. The molecule has 1 atom stereocenters. The Morgan fingerprint density at radius 2 is 1.81 bits per heavy atom. The number of rotatable bonds is 7. The van der Waals surface area contributed by atoms with Crippen molar-refractivity contribution >= 4 is 40.7 Å². The first-order valence-corrected chi connectivity index (χ1v) is 10.1. The van der Waals surface area contributed by atoms with Crippen LogP contribution >= 0.6 is 23.2 Å². The average Bonchev–Trinajstić information content (AvgIpc) is 2.70. The summed E-state index contributed by atoms with van der Waals surface area (Å²) in [5, 5.41) is 6.96. The van der Waals surface area contributed by atoms with Crippen molar-refractivity contribution in [3.63, 3.8) is 0 Å². The molecule has 3 rings (SSSR count). The van der Waals surface area contributed by atoms with Crippen LogP contribution in [0.1, 0.15) is 20.3 Å². The predicted molar refractivity (Wildman–Crippen MR) is 117 cm³/mol. The molecule has 0 radical (unpaired) electrons. The molecule has 31 heavy (non-hydrogen) atoms. The van der Waals surface area contributed by atoms with Crippen LogP contribution in [0.25, 0.3) is 11.3 Å². The molecule has 0 unspecified atom stereocenters. The SMILES string of the molecule is CC[C@@H](C)Nc1nc(Nc2cccc(Cl)c2Cl)cc(-c2cccc(OC(F)(F)F)c2)n1. The highest BCUT2D eigenvalue weighted by Gasteiger charge is 2.31. The van der Waals surface area contributed by atoms with Crippen molar-refractivity contribution in [1.82, 2.24) is 9.97 Å². The zero-order chi connectivity index (χ0) is 22.6. The van der Waals surface area contributed by atoms with Crippen molar-refractivity contribution in [3.05, 3.63) is 58.6 Å². The minimum atomic E-state index is -4.79. The van der Waals surface area contributed by atoms with Gasteiger partial charge in [-0.25, -0.2) is 4.98 Å². The number of ether oxygens (including phenoxy) is 1. The smallest absolute Gasteiger partial charge is 0.406 e. The molecule has 1 heterocycles. The van der Waals surface area contributed by atoms with E-state index in [9.17, 15) is 13.2 Å². The summed E-state index contributed by atoms with van der Waals surface area (Å²) in [7, 11) is 0. The summed E-state index contributed by atoms with van der Waals surface area (Å²) in [6.07, 6.45) is -3.96. The Morgan fingerprint density at radius 3 is 2.52 bits per heavy atom. The Hall–Kier alpha value is -2.71. The molecular weight excluding hydrogens is 452 g/mol. The van der Waals surface area contributed by atoms with Crippen LogP contribution in [0.5, 0.6) is 5.75 Å². The zero-order valence-corrected chi connectivity index (χ0v) is 18.1. The van der Waals surface area contributed by atoms with E-state index in [1.54, 1.807) is 30.3 Å². The maximum Gasteiger partial charge on any atom is 0.573 e. The van der Waals surface area contributed by atoms with Crippen molar-refractivity contribution in [2.45, 2.75) is 32.7 Å². The molecule has 3 aromatic rings. The molecule has 0 aliphatic heterocycles. The molecule has 1 aromatic heterocycles. The van der Waals surface area contributed by atoms with Gasteiger partial charge in [0, 0.05) is 17.7 Å². The van der Waals surface area contributed by atoms with E-state index < -0.39 is 6.36 Å². The van der Waals surface area contributed by atoms with Gasteiger partial charge in [-0.2, -0.15) is 4.98 Å². The Labute approximate surface area is 187 Å². The van der Waals surface area contributed by atoms with Crippen molar-refractivity contribution in [2.24, 2.45) is 0 Å². The van der Waals surface area contributed by atoms with E-state index in [0.29, 0.717) is 38.8 Å². The molecule has 5 nitrogen and oxygen atoms in total. The standard InChI is InChI=1S/C21H19Cl2F3N4O/c1-3-12(2)27-20-29-17(13-6-4-7-14(10-13)31-21(24,25)26)11-18(30-20)28-16-9-5-8-15(22)19(16)23/h4-12H,3H2,1-2H3,(H2,27,28,29,30)/t12-/m1/s1. The summed E-state index contributed by atoms with van der Waals surface area (Å²) < 4.78 is 41.8. The second-order valence-corrected chi connectivity index (χ2v) is 7.50. The monoisotopic (exact) mass is 470 g/mol. The van der Waals surface area contributed by atoms with E-state index in [4.69, 9.17) is 23.2 Å². The lowest BCUT2D eigenvalue weighted by atomic mass is 10.1. The van der Waals surface area contributed by atoms with Crippen molar-refractivity contribution in [2.75, 3.05) is 10.6 Å². The van der Waals surface area contributed by atoms with Gasteiger partial charge in [-0.3, -0.25) is 0 Å². The molecule has 164 valence electrons. The van der Waals surface area contributed by atoms with Gasteiger partial charge in [-0.15, -0.1) is 13.2 Å². The van der Waals surface area contributed by atoms with Gasteiger partial charge < -0.3 is 15.4 Å². The fourth-order valence-electron chi connectivity index (χ4n) is 2.64. The largest absolute Gasteiger partial charge is 0.573 e. The molecule has 0 aliphatic rings. The Balaban J connectivity index is 2.01. The number of alkyl halides is 3. The van der Waals surface area contributed by atoms with Crippen LogP contribution in [0.3, 0.4) is 0 Å². The van der Waals surface area contributed by atoms with Gasteiger partial charge in [0.05, 0.1) is 21.4 Å². The first kappa shape index (κ1) is 23.0. The van der Waals surface area contributed by atoms with Gasteiger partial charge in [0.15, 0.2) is 0 Å². The first-order chi connectivity index (χ1) is 14.6. The molecular formula is C21H19Cl2F3N4O. The van der Waals surface area contributed by atoms with Crippen molar-refractivity contribution in [3.8, 4) is 17.0 Å². The second-order valence-electron chi connectivity index (χ2n) is 6.72. The molecule has 2 N–H and O–H groups in total. The number of nitrogens with zero attached hydrogens (tertiary/aromatic N) is 2. The third kappa shape index (κ3) is 6.38. The minimum absolute atomic E-state index is 0.0813. The third-order valence-electron chi connectivity index (χ3n) is 4.29. The minimum Gasteiger partial charge on any atom is -0.406 e. The van der Waals surface area contributed by atoms with Gasteiger partial charge in [-0.1, -0.05) is 48.3 Å². The number of benzene rings is 2. The predicted octanol–water partition coefficient (Wildman–Crippen LogP) is 7.30. The number of hydrogen-bond donors (Lipinski definition) is 2. The van der Waals surface area contributed by atoms with E-state index in [1.807, 2.05) is 13.8 Å². The first-order valence-electron chi connectivity index (χ1n) is 9.37. The van der Waals surface area contributed by atoms with Crippen LogP contribution in [0.2, 0.25) is 10.0 Å². The molecule has 2 aromatic carbocycles. The van der Waals surface area contributed by atoms with E-state index in [-0.39, 0.29) is 11.8 Å². The number of halogens is 5. The van der Waals surface area contributed by atoms with Gasteiger partial charge in [0.25, 0.3) is 0 Å². The number of nitrogens with one attached hydrogen (secondary N) is 2. The Bertz CT molecular complexity index is 1060. The lowest BCUT2D eigenvalue weighted by Gasteiger charge is -2.16. The van der Waals surface area contributed by atoms with Crippen LogP contribution in [-0.2, 0) is 0 Å². The van der Waals surface area contributed by atoms with Gasteiger partial charge >= 0.3 is 6.36 Å². The lowest BCUT2D eigenvalue weighted by Crippen LogP contribution is -2.17. The Morgan fingerprint density at radius 1 is 1.06 bits per heavy atom. The Kier molecular flexibility index (Phi) is 7.12. The van der Waals surface area contributed by atoms with Gasteiger partial charge in [0.1, 0.15) is 11.6 Å². The fourth-order valence-corrected chi connectivity index (χ4v) is 2.98. The van der Waals surface area contributed by atoms with Crippen LogP contribution in [-0.4, -0.2) is 22.4 Å². The van der Waals surface area contributed by atoms with Crippen LogP contribution < -0.4 is 15.4 Å². The van der Waals surface area contributed by atoms with E-state index in [0.717, 1.165) is 6.42 Å². The molecule has 0 fully saturated rings. The highest BCUT2D eigenvalue weighted by Crippen LogP contribution is 2.33. The summed E-state index contributed by atoms with van der Waals surface area (Å²) in [4.78, 5) is 8.90. The summed E-state index contributed by atoms with van der Waals surface area (Å²) >= 11 is 12.3. The summed E-state index contributed by atoms with van der Waals surface area (Å²) in [6.45, 7) is 3.97. The topological polar surface area (TPSA) is 59.1 Å². The van der Waals surface area contributed by atoms with Crippen LogP contribution in [0.15, 0.2) is 48.5 Å². The second kappa shape index (κ2) is 9.62. The van der Waals surface area contributed by atoms with Gasteiger partial charge in [-0.05, 0) is 37.6 Å². The summed E-state index contributed by atoms with van der Waals surface area (Å²) in [5.74, 6) is 0.365. The van der Waals surface area contributed by atoms with Crippen LogP contribution in [0.4, 0.5) is 30.6 Å². The van der Waals surface area contributed by atoms with E-state index >= 15 is 0 Å². The molecule has 0 aliphatic carbocycles. The van der Waals surface area contributed by atoms with E-state index in [2.05, 4.69) is 25.3 Å². The maximum absolute atomic E-state index is 12.6. The van der Waals surface area contributed by atoms with Crippen molar-refractivity contribution < 1.29 is 17.9 Å². The highest BCUT2D eigenvalue weighted by molar-refractivity contribution is 6.43. The normalized spacial score (nSPS) is 12.4. The van der Waals surface area contributed by atoms with E-state index in [1.165, 1.54) is 18.2 Å². The number of aromatic nitrogens is 2. The molecule has 0 saturated heterocycles. The molecule has 0 spiro atoms. The van der Waals surface area contributed by atoms with Gasteiger partial charge in [0.2, 0.25) is 5.95 Å². The molecule has 10 heteroatoms. The van der Waals surface area contributed by atoms with Crippen molar-refractivity contribution in [1.29, 1.82) is 0 Å². The number of anilines is 3. The molecule has 0 amide bonds. The summed E-state index contributed by atoms with van der Waals surface area (Å²) in [5.41, 5.74) is 1.35. The maximum atomic E-state index is 12.6. The highest BCUT2D eigenvalue weighted by atomic mass is 35.5. The zero-order valence-electron chi connectivity index (χ0n) is 16.6. The fraction of sp³-hybridized carbons (Fsp3) is 0.238. The summed E-state index contributed by atoms with van der Waals surface area (Å²) in [6, 6.07) is 12.4. The number of hydrogen-bond acceptors (Lipinski definition) is 5.